The first-order chi connectivity index (χ1) is 55.1. The number of ether oxygens (including phenoxy) is 5. The van der Waals surface area contributed by atoms with Crippen molar-refractivity contribution in [2.45, 2.75) is 296 Å². The van der Waals surface area contributed by atoms with Gasteiger partial charge in [-0.2, -0.15) is 158 Å². The largest absolute Gasteiger partial charge is 0.490 e. The highest BCUT2D eigenvalue weighted by atomic mass is 28.4. The molecule has 0 bridgehead atoms. The third-order valence-electron chi connectivity index (χ3n) is 19.5. The highest BCUT2D eigenvalue weighted by Gasteiger charge is 2.85. The molecule has 0 radical (unpaired) electrons. The smallest absolute Gasteiger partial charge is 0.460 e. The Balaban J connectivity index is 0.00000217. The number of nitroso groups, excluding NO2 is 1. The maximum Gasteiger partial charge on any atom is 0.460 e. The van der Waals surface area contributed by atoms with E-state index in [0.29, 0.717) is 47.8 Å². The number of esters is 1. The molecular formula is C70H93F36N3O12Si2. The number of unbranched alkanes of at least 4 members (excludes halogenated alkanes) is 1. The van der Waals surface area contributed by atoms with Crippen LogP contribution in [0.15, 0.2) is 29.4 Å². The van der Waals surface area contributed by atoms with E-state index in [9.17, 15) is 183 Å². The number of alkyl halides is 36. The van der Waals surface area contributed by atoms with Gasteiger partial charge in [0, 0.05) is 58.3 Å². The predicted molar refractivity (Wildman–Crippen MR) is 373 cm³/mol. The fraction of sp³-hybridized carbons (Fsp3) is 0.800. The van der Waals surface area contributed by atoms with Gasteiger partial charge >= 0.3 is 102 Å². The molecule has 1 atom stereocenters. The number of rotatable bonds is 49. The third kappa shape index (κ3) is 27.1. The van der Waals surface area contributed by atoms with Gasteiger partial charge in [-0.3, -0.25) is 19.7 Å². The van der Waals surface area contributed by atoms with Gasteiger partial charge in [-0.15, -0.1) is 4.91 Å². The van der Waals surface area contributed by atoms with Gasteiger partial charge in [0.15, 0.2) is 45.4 Å². The van der Waals surface area contributed by atoms with E-state index >= 15 is 0 Å². The molecule has 720 valence electrons. The molecule has 123 heavy (non-hydrogen) atoms. The Labute approximate surface area is 682 Å². The van der Waals surface area contributed by atoms with Gasteiger partial charge in [0.05, 0.1) is 48.5 Å². The van der Waals surface area contributed by atoms with Gasteiger partial charge in [0.1, 0.15) is 11.8 Å². The van der Waals surface area contributed by atoms with Crippen LogP contribution in [0, 0.1) is 26.9 Å². The van der Waals surface area contributed by atoms with Gasteiger partial charge in [-0.1, -0.05) is 89.5 Å². The summed E-state index contributed by atoms with van der Waals surface area (Å²) in [6.07, 6.45) is -43.9. The van der Waals surface area contributed by atoms with Gasteiger partial charge in [0.2, 0.25) is 0 Å². The fourth-order valence-electron chi connectivity index (χ4n) is 12.1. The molecule has 2 aromatic carbocycles. The lowest BCUT2D eigenvalue weighted by Crippen LogP contribution is -2.60. The molecule has 0 heterocycles. The average Bonchev–Trinajstić information content (AvgIpc) is 0.760. The molecule has 0 fully saturated rings. The van der Waals surface area contributed by atoms with Crippen molar-refractivity contribution < 1.29 is 205 Å². The van der Waals surface area contributed by atoms with Crippen LogP contribution >= 0.6 is 0 Å². The number of nitrogens with zero attached hydrogens (tertiary/aromatic N) is 2. The molecule has 0 aliphatic rings. The summed E-state index contributed by atoms with van der Waals surface area (Å²) >= 11 is 0. The summed E-state index contributed by atoms with van der Waals surface area (Å²) in [7, 11) is -0.332. The van der Waals surface area contributed by atoms with Crippen molar-refractivity contribution in [3.63, 3.8) is 0 Å². The summed E-state index contributed by atoms with van der Waals surface area (Å²) in [4.78, 5) is 47.8. The Bertz CT molecular complexity index is 3650. The Morgan fingerprint density at radius 3 is 0.927 bits per heavy atom. The molecule has 0 aromatic heterocycles. The van der Waals surface area contributed by atoms with Crippen LogP contribution in [0.1, 0.15) is 182 Å². The lowest BCUT2D eigenvalue weighted by atomic mass is 9.96. The number of benzene rings is 2. The Morgan fingerprint density at radius 2 is 0.683 bits per heavy atom. The first-order valence-electron chi connectivity index (χ1n) is 36.8. The maximum absolute atomic E-state index is 14.2. The zero-order valence-corrected chi connectivity index (χ0v) is 69.8. The third-order valence-corrected chi connectivity index (χ3v) is 31.1. The fourth-order valence-corrected chi connectivity index (χ4v) is 21.0. The summed E-state index contributed by atoms with van der Waals surface area (Å²) in [6.45, 7) is 18.0. The summed E-state index contributed by atoms with van der Waals surface area (Å²) < 4.78 is 512. The van der Waals surface area contributed by atoms with Crippen LogP contribution in [-0.4, -0.2) is 176 Å². The number of carbonyl (C=O) groups excluding carboxylic acids is 2. The molecule has 0 spiro atoms. The van der Waals surface area contributed by atoms with Crippen LogP contribution < -0.4 is 24.7 Å². The summed E-state index contributed by atoms with van der Waals surface area (Å²) in [6, 6.07) is 3.93. The van der Waals surface area contributed by atoms with Gasteiger partial charge in [-0.05, 0) is 103 Å². The van der Waals surface area contributed by atoms with E-state index in [-0.39, 0.29) is 23.9 Å². The van der Waals surface area contributed by atoms with Crippen LogP contribution in [0.3, 0.4) is 0 Å². The van der Waals surface area contributed by atoms with Gasteiger partial charge in [0.25, 0.3) is 5.69 Å². The number of nitro benzene ring substituents is 1. The van der Waals surface area contributed by atoms with Crippen molar-refractivity contribution in [2.75, 3.05) is 47.2 Å². The lowest BCUT2D eigenvalue weighted by molar-refractivity contribution is -0.396. The minimum Gasteiger partial charge on any atom is -0.490 e. The molecule has 0 saturated carbocycles. The predicted octanol–water partition coefficient (Wildman–Crippen LogP) is 26.6. The zero-order chi connectivity index (χ0) is 97.3. The van der Waals surface area contributed by atoms with Gasteiger partial charge < -0.3 is 38.3 Å². The molecule has 2 rings (SSSR count). The van der Waals surface area contributed by atoms with E-state index in [0.717, 1.165) is 13.0 Å². The van der Waals surface area contributed by atoms with Crippen LogP contribution in [0.4, 0.5) is 169 Å². The summed E-state index contributed by atoms with van der Waals surface area (Å²) in [5.74, 6) is -88.2. The van der Waals surface area contributed by atoms with Crippen LogP contribution in [0.25, 0.3) is 0 Å². The van der Waals surface area contributed by atoms with Crippen LogP contribution in [0.5, 0.6) is 23.0 Å². The first kappa shape index (κ1) is 117. The van der Waals surface area contributed by atoms with Crippen molar-refractivity contribution in [1.82, 2.24) is 0 Å². The standard InChI is InChI=1S/C36H47F18NO7Si.C24H21F18NO4.C10H25NOSi/c1-20(2)28(62-27(56)12-8-9-17-63(59-7,21(3)4)22(5)6)23-18-25(60-15-10-13-29(37,38)31(41,42)33(45,46)35(49,50)51)26(19-24(23)55(57)58)61-16-11-14-30(39,40)32(43,44)34(47,48)36(52,53)54;1-11(2)16(44)12-9-14(46-7-3-5-17(25,26)19(29,30)21(33,34)23(37,38)39)15(10-13(12)43-45)47-8-4-6-18(27,28)20(31,32)22(35,36)24(40,41)42;1-9(2)13(12-5,10(3)4)8-6-7-11/h18-22,28H,8-17H2,1-7H3;9-11H,3-8H2,1-2H3;9-10H,6-8,11H2,1-5H3. The molecule has 0 aliphatic carbocycles. The highest BCUT2D eigenvalue weighted by Crippen LogP contribution is 2.59. The number of halogens is 36. The molecule has 53 heteroatoms. The molecule has 2 aromatic rings. The molecule has 0 amide bonds. The quantitative estimate of drug-likeness (QED) is 0.00961. The second-order valence-electron chi connectivity index (χ2n) is 29.9. The second-order valence-corrected chi connectivity index (χ2v) is 40.2. The molecule has 15 nitrogen and oxygen atoms in total. The van der Waals surface area contributed by atoms with Crippen molar-refractivity contribution in [1.29, 1.82) is 0 Å². The van der Waals surface area contributed by atoms with E-state index in [1.807, 2.05) is 34.8 Å². The van der Waals surface area contributed by atoms with Crippen molar-refractivity contribution in [3.8, 4) is 23.0 Å². The minimum absolute atomic E-state index is 0.197. The normalized spacial score (nSPS) is 14.4. The van der Waals surface area contributed by atoms with E-state index in [4.69, 9.17) is 38.3 Å². The number of hydrogen-bond acceptors (Lipinski definition) is 14. The van der Waals surface area contributed by atoms with Crippen LogP contribution in [-0.2, 0) is 18.4 Å². The number of nitrogens with two attached hydrogens (primary N) is 1. The van der Waals surface area contributed by atoms with Crippen molar-refractivity contribution >= 4 is 39.8 Å². The first-order valence-corrected chi connectivity index (χ1v) is 41.3. The molecule has 0 saturated heterocycles. The number of ketones is 1. The van der Waals surface area contributed by atoms with E-state index in [1.165, 1.54) is 33.7 Å². The Hall–Kier alpha value is -6.43. The monoisotopic (exact) mass is 1910 g/mol. The number of hydrogen-bond donors (Lipinski definition) is 1. The minimum atomic E-state index is -7.24. The second kappa shape index (κ2) is 43.6. The van der Waals surface area contributed by atoms with Crippen molar-refractivity contribution in [3.05, 3.63) is 50.4 Å². The van der Waals surface area contributed by atoms with E-state index in [1.54, 1.807) is 7.11 Å². The topological polar surface area (TPSA) is 197 Å². The number of nitro groups is 1. The Morgan fingerprint density at radius 1 is 0.407 bits per heavy atom. The zero-order valence-electron chi connectivity index (χ0n) is 67.8. The number of carbonyl (C=O) groups is 2. The van der Waals surface area contributed by atoms with E-state index in [2.05, 4.69) is 32.9 Å². The van der Waals surface area contributed by atoms with Crippen molar-refractivity contribution in [2.24, 2.45) is 22.7 Å². The number of Topliss-reactive ketones (excluding diaryl/α,β-unsaturated/α-hetero) is 1. The van der Waals surface area contributed by atoms with E-state index < -0.39 is 270 Å². The summed E-state index contributed by atoms with van der Waals surface area (Å²) in [5.41, 5.74) is 4.31. The Kier molecular flexibility index (Phi) is 41.3. The van der Waals surface area contributed by atoms with Crippen LogP contribution in [0.2, 0.25) is 34.3 Å². The average molecular weight is 1910 g/mol. The SMILES string of the molecule is CC(C)C(=O)c1cc(OCCCC(F)(F)C(F)(F)C(F)(F)C(F)(F)F)c(OCCCC(F)(F)C(F)(F)C(F)(F)C(F)(F)F)cc1N=O.CO[Si](CCCCC(=O)OC(c1cc(OCCCC(F)(F)C(F)(F)C(F)(F)C(F)(F)F)c(OCCCC(F)(F)C(F)(F)C(F)(F)C(F)(F)F)cc1[N+](=O)[O-])C(C)C)(C(C)C)C(C)C.CO[Si](CCCN)(C(C)C)C(C)C. The molecule has 0 aliphatic heterocycles. The summed E-state index contributed by atoms with van der Waals surface area (Å²) in [5, 5.41) is 14.7. The molecule has 2 N–H and O–H groups in total. The molecule has 1 unspecified atom stereocenters. The lowest BCUT2D eigenvalue weighted by Gasteiger charge is -2.37. The van der Waals surface area contributed by atoms with Gasteiger partial charge in [-0.25, -0.2) is 0 Å². The maximum atomic E-state index is 14.2. The highest BCUT2D eigenvalue weighted by molar-refractivity contribution is 6.76. The molecular weight excluding hydrogens is 1810 g/mol.